The maximum Gasteiger partial charge on any atom is 0.270 e. The lowest BCUT2D eigenvalue weighted by Gasteiger charge is -2.21. The fraction of sp³-hybridized carbons (Fsp3) is 0.200. The van der Waals surface area contributed by atoms with E-state index in [1.807, 2.05) is 31.2 Å². The van der Waals surface area contributed by atoms with Crippen molar-refractivity contribution in [3.63, 3.8) is 0 Å². The van der Waals surface area contributed by atoms with Gasteiger partial charge in [-0.2, -0.15) is 0 Å². The van der Waals surface area contributed by atoms with Gasteiger partial charge in [0.05, 0.1) is 35.2 Å². The van der Waals surface area contributed by atoms with Crippen molar-refractivity contribution < 1.29 is 19.1 Å². The van der Waals surface area contributed by atoms with E-state index < -0.39 is 4.92 Å². The Balaban J connectivity index is 1.65. The molecular weight excluding hydrogens is 470 g/mol. The molecule has 0 N–H and O–H groups in total. The van der Waals surface area contributed by atoms with Crippen molar-refractivity contribution in [1.82, 2.24) is 9.55 Å². The second-order valence-electron chi connectivity index (χ2n) is 7.98. The summed E-state index contributed by atoms with van der Waals surface area (Å²) in [6.45, 7) is 2.24. The fourth-order valence-electron chi connectivity index (χ4n) is 4.03. The van der Waals surface area contributed by atoms with Crippen LogP contribution in [-0.2, 0) is 17.1 Å². The summed E-state index contributed by atoms with van der Waals surface area (Å²) in [7, 11) is 1.55. The van der Waals surface area contributed by atoms with Gasteiger partial charge in [-0.15, -0.1) is 0 Å². The number of methoxy groups -OCH3 is 1. The number of thioether (sulfide) groups is 1. The van der Waals surface area contributed by atoms with Crippen LogP contribution in [0.25, 0.3) is 16.6 Å². The van der Waals surface area contributed by atoms with E-state index in [2.05, 4.69) is 0 Å². The van der Waals surface area contributed by atoms with Crippen molar-refractivity contribution in [2.24, 2.45) is 0 Å². The molecule has 0 saturated carbocycles. The van der Waals surface area contributed by atoms with E-state index in [9.17, 15) is 14.9 Å². The molecule has 1 aromatic heterocycles. The zero-order valence-electron chi connectivity index (χ0n) is 19.0. The molecule has 1 aliphatic heterocycles. The third-order valence-electron chi connectivity index (χ3n) is 5.66. The van der Waals surface area contributed by atoms with Crippen LogP contribution < -0.4 is 15.0 Å². The first-order chi connectivity index (χ1) is 17.0. The van der Waals surface area contributed by atoms with Crippen LogP contribution in [0.5, 0.6) is 11.5 Å². The molecule has 9 nitrogen and oxygen atoms in total. The average Bonchev–Trinajstić information content (AvgIpc) is 2.87. The van der Waals surface area contributed by atoms with E-state index in [1.165, 1.54) is 28.5 Å². The number of hydrogen-bond donors (Lipinski definition) is 0. The minimum atomic E-state index is -0.440. The van der Waals surface area contributed by atoms with Crippen molar-refractivity contribution in [3.8, 4) is 17.2 Å². The summed E-state index contributed by atoms with van der Waals surface area (Å²) in [5.41, 5.74) is 3.07. The highest BCUT2D eigenvalue weighted by Gasteiger charge is 2.23. The van der Waals surface area contributed by atoms with Crippen LogP contribution >= 0.6 is 11.8 Å². The van der Waals surface area contributed by atoms with Crippen LogP contribution in [0.4, 0.5) is 5.69 Å². The van der Waals surface area contributed by atoms with E-state index in [0.717, 1.165) is 5.56 Å². The molecule has 0 atom stereocenters. The molecular formula is C25H21N3O6S. The lowest BCUT2D eigenvalue weighted by atomic mass is 10.1. The van der Waals surface area contributed by atoms with Gasteiger partial charge < -0.3 is 14.2 Å². The molecule has 10 heteroatoms. The first-order valence-electron chi connectivity index (χ1n) is 10.8. The number of nitro benzene ring substituents is 1. The summed E-state index contributed by atoms with van der Waals surface area (Å²) < 4.78 is 18.1. The molecule has 178 valence electrons. The van der Waals surface area contributed by atoms with Crippen LogP contribution in [0.1, 0.15) is 16.7 Å². The average molecular weight is 492 g/mol. The van der Waals surface area contributed by atoms with E-state index in [4.69, 9.17) is 19.2 Å². The molecule has 0 spiro atoms. The van der Waals surface area contributed by atoms with Crippen molar-refractivity contribution in [2.75, 3.05) is 13.9 Å². The molecule has 2 heterocycles. The monoisotopic (exact) mass is 491 g/mol. The smallest absolute Gasteiger partial charge is 0.270 e. The molecule has 0 amide bonds. The van der Waals surface area contributed by atoms with E-state index in [0.29, 0.717) is 50.1 Å². The van der Waals surface area contributed by atoms with Crippen LogP contribution in [0, 0.1) is 17.0 Å². The summed E-state index contributed by atoms with van der Waals surface area (Å²) in [6, 6.07) is 15.7. The van der Waals surface area contributed by atoms with Gasteiger partial charge in [-0.25, -0.2) is 4.98 Å². The SMILES string of the molecule is COc1ccc(C)cc1-n1c(SCc2cc([N+](=O)[O-])cc3c2OCOC3)nc2ccccc2c1=O. The van der Waals surface area contributed by atoms with Gasteiger partial charge in [-0.05, 0) is 36.8 Å². The molecule has 0 saturated heterocycles. The molecule has 1 aliphatic rings. The molecule has 5 rings (SSSR count). The molecule has 0 radical (unpaired) electrons. The Morgan fingerprint density at radius 1 is 1.20 bits per heavy atom. The minimum absolute atomic E-state index is 0.0438. The third kappa shape index (κ3) is 4.33. The summed E-state index contributed by atoms with van der Waals surface area (Å²) in [5, 5.41) is 12.4. The van der Waals surface area contributed by atoms with Crippen molar-refractivity contribution in [1.29, 1.82) is 0 Å². The molecule has 3 aromatic carbocycles. The number of ether oxygens (including phenoxy) is 3. The largest absolute Gasteiger partial charge is 0.495 e. The number of non-ortho nitro benzene ring substituents is 1. The number of rotatable bonds is 6. The predicted octanol–water partition coefficient (Wildman–Crippen LogP) is 4.77. The summed E-state index contributed by atoms with van der Waals surface area (Å²) in [6.07, 6.45) is 0. The number of aromatic nitrogens is 2. The first-order valence-corrected chi connectivity index (χ1v) is 11.7. The van der Waals surface area contributed by atoms with Gasteiger partial charge in [0.2, 0.25) is 0 Å². The van der Waals surface area contributed by atoms with Crippen LogP contribution in [-0.4, -0.2) is 28.4 Å². The Bertz CT molecular complexity index is 1520. The fourth-order valence-corrected chi connectivity index (χ4v) is 5.00. The number of benzene rings is 3. The quantitative estimate of drug-likeness (QED) is 0.164. The third-order valence-corrected chi connectivity index (χ3v) is 6.65. The Hall–Kier alpha value is -3.89. The van der Waals surface area contributed by atoms with Gasteiger partial charge >= 0.3 is 0 Å². The zero-order valence-corrected chi connectivity index (χ0v) is 19.8. The Morgan fingerprint density at radius 3 is 2.83 bits per heavy atom. The van der Waals surface area contributed by atoms with Crippen molar-refractivity contribution >= 4 is 28.4 Å². The standard InChI is InChI=1S/C25H21N3O6S/c1-15-7-8-22(32-2)21(9-15)27-24(29)19-5-3-4-6-20(19)26-25(27)35-13-17-11-18(28(30)31)10-16-12-33-14-34-23(16)17/h3-11H,12-14H2,1-2H3. The maximum atomic E-state index is 13.6. The summed E-state index contributed by atoms with van der Waals surface area (Å²) in [4.78, 5) is 29.5. The highest BCUT2D eigenvalue weighted by molar-refractivity contribution is 7.98. The van der Waals surface area contributed by atoms with E-state index >= 15 is 0 Å². The van der Waals surface area contributed by atoms with E-state index in [1.54, 1.807) is 25.3 Å². The highest BCUT2D eigenvalue weighted by atomic mass is 32.2. The number of aryl methyl sites for hydroxylation is 1. The number of para-hydroxylation sites is 1. The molecule has 0 aliphatic carbocycles. The Kier molecular flexibility index (Phi) is 6.14. The van der Waals surface area contributed by atoms with Gasteiger partial charge in [0, 0.05) is 29.0 Å². The number of nitro groups is 1. The second-order valence-corrected chi connectivity index (χ2v) is 8.92. The molecule has 0 fully saturated rings. The lowest BCUT2D eigenvalue weighted by molar-refractivity contribution is -0.385. The first kappa shape index (κ1) is 22.9. The van der Waals surface area contributed by atoms with Crippen LogP contribution in [0.3, 0.4) is 0 Å². The predicted molar refractivity (Wildman–Crippen MR) is 132 cm³/mol. The zero-order chi connectivity index (χ0) is 24.5. The molecule has 35 heavy (non-hydrogen) atoms. The number of fused-ring (bicyclic) bond motifs is 2. The van der Waals surface area contributed by atoms with Crippen LogP contribution in [0.2, 0.25) is 0 Å². The van der Waals surface area contributed by atoms with Gasteiger partial charge in [-0.1, -0.05) is 30.0 Å². The minimum Gasteiger partial charge on any atom is -0.495 e. The highest BCUT2D eigenvalue weighted by Crippen LogP contribution is 2.37. The lowest BCUT2D eigenvalue weighted by Crippen LogP contribution is -2.22. The normalized spacial score (nSPS) is 12.7. The van der Waals surface area contributed by atoms with Gasteiger partial charge in [0.25, 0.3) is 11.2 Å². The van der Waals surface area contributed by atoms with Crippen LogP contribution in [0.15, 0.2) is 64.5 Å². The van der Waals surface area contributed by atoms with E-state index in [-0.39, 0.29) is 24.6 Å². The number of hydrogen-bond acceptors (Lipinski definition) is 8. The summed E-state index contributed by atoms with van der Waals surface area (Å²) >= 11 is 1.30. The Labute approximate surface area is 204 Å². The van der Waals surface area contributed by atoms with Crippen molar-refractivity contribution in [2.45, 2.75) is 24.4 Å². The number of nitrogens with zero attached hydrogens (tertiary/aromatic N) is 3. The second kappa shape index (κ2) is 9.40. The molecule has 0 bridgehead atoms. The van der Waals surface area contributed by atoms with Gasteiger partial charge in [0.15, 0.2) is 11.9 Å². The van der Waals surface area contributed by atoms with Gasteiger partial charge in [-0.3, -0.25) is 19.5 Å². The maximum absolute atomic E-state index is 13.6. The molecule has 4 aromatic rings. The van der Waals surface area contributed by atoms with Crippen molar-refractivity contribution in [3.05, 3.63) is 91.8 Å². The Morgan fingerprint density at radius 2 is 2.03 bits per heavy atom. The molecule has 0 unspecified atom stereocenters. The summed E-state index contributed by atoms with van der Waals surface area (Å²) in [5.74, 6) is 1.39. The topological polar surface area (TPSA) is 106 Å². The van der Waals surface area contributed by atoms with Gasteiger partial charge in [0.1, 0.15) is 11.5 Å².